The predicted octanol–water partition coefficient (Wildman–Crippen LogP) is 2.54. The Morgan fingerprint density at radius 1 is 1.21 bits per heavy atom. The van der Waals surface area contributed by atoms with Crippen molar-refractivity contribution in [1.29, 1.82) is 0 Å². The molecule has 4 aromatic rings. The third kappa shape index (κ3) is 3.52. The Morgan fingerprint density at radius 3 is 2.66 bits per heavy atom. The molecule has 0 radical (unpaired) electrons. The van der Waals surface area contributed by atoms with Gasteiger partial charge in [-0.1, -0.05) is 19.1 Å². The van der Waals surface area contributed by atoms with Crippen LogP contribution in [0.5, 0.6) is 0 Å². The monoisotopic (exact) mass is 390 g/mol. The van der Waals surface area contributed by atoms with Crippen molar-refractivity contribution in [2.75, 3.05) is 6.54 Å². The molecule has 29 heavy (non-hydrogen) atoms. The Labute approximate surface area is 167 Å². The number of hydrogen-bond acceptors (Lipinski definition) is 4. The second kappa shape index (κ2) is 7.52. The lowest BCUT2D eigenvalue weighted by molar-refractivity contribution is 0.0924. The van der Waals surface area contributed by atoms with Crippen molar-refractivity contribution in [2.24, 2.45) is 0 Å². The maximum Gasteiger partial charge on any atom is 0.280 e. The number of aromatic amines is 1. The van der Waals surface area contributed by atoms with E-state index in [1.807, 2.05) is 24.3 Å². The van der Waals surface area contributed by atoms with Crippen molar-refractivity contribution in [3.05, 3.63) is 70.1 Å². The number of aromatic nitrogens is 3. The van der Waals surface area contributed by atoms with Crippen LogP contribution in [0.4, 0.5) is 0 Å². The van der Waals surface area contributed by atoms with Crippen molar-refractivity contribution in [1.82, 2.24) is 20.1 Å². The van der Waals surface area contributed by atoms with Gasteiger partial charge in [-0.05, 0) is 49.2 Å². The van der Waals surface area contributed by atoms with Crippen LogP contribution < -0.4 is 10.9 Å². The Balaban J connectivity index is 1.82. The zero-order valence-corrected chi connectivity index (χ0v) is 16.3. The number of aliphatic hydroxyl groups is 1. The molecule has 2 aromatic heterocycles. The molecule has 2 aromatic carbocycles. The van der Waals surface area contributed by atoms with Crippen LogP contribution in [0, 0.1) is 0 Å². The molecule has 7 nitrogen and oxygen atoms in total. The summed E-state index contributed by atoms with van der Waals surface area (Å²) in [6.07, 6.45) is 1.86. The molecular formula is C22H22N4O3. The van der Waals surface area contributed by atoms with Gasteiger partial charge in [0.2, 0.25) is 0 Å². The lowest BCUT2D eigenvalue weighted by atomic mass is 10.1. The van der Waals surface area contributed by atoms with Gasteiger partial charge < -0.3 is 10.4 Å². The van der Waals surface area contributed by atoms with E-state index < -0.39 is 6.10 Å². The van der Waals surface area contributed by atoms with Crippen LogP contribution in [0.15, 0.2) is 53.5 Å². The number of pyridine rings is 1. The van der Waals surface area contributed by atoms with Crippen LogP contribution in [-0.2, 0) is 6.42 Å². The summed E-state index contributed by atoms with van der Waals surface area (Å²) in [6, 6.07) is 12.9. The molecule has 0 bridgehead atoms. The summed E-state index contributed by atoms with van der Waals surface area (Å²) < 4.78 is 1.49. The van der Waals surface area contributed by atoms with E-state index >= 15 is 0 Å². The second-order valence-electron chi connectivity index (χ2n) is 7.11. The number of fused-ring (bicyclic) bond motifs is 3. The van der Waals surface area contributed by atoms with Crippen LogP contribution >= 0.6 is 0 Å². The number of nitrogens with one attached hydrogen (secondary N) is 2. The summed E-state index contributed by atoms with van der Waals surface area (Å²) in [4.78, 5) is 29.6. The molecule has 1 atom stereocenters. The van der Waals surface area contributed by atoms with Crippen LogP contribution in [0.25, 0.3) is 27.5 Å². The number of benzene rings is 2. The molecule has 0 saturated carbocycles. The number of aryl methyl sites for hydroxylation is 1. The van der Waals surface area contributed by atoms with E-state index in [2.05, 4.69) is 22.3 Å². The first-order valence-electron chi connectivity index (χ1n) is 9.57. The first-order chi connectivity index (χ1) is 14.0. The van der Waals surface area contributed by atoms with E-state index in [1.54, 1.807) is 31.3 Å². The van der Waals surface area contributed by atoms with Gasteiger partial charge in [-0.3, -0.25) is 19.7 Å². The average Bonchev–Trinajstić information content (AvgIpc) is 3.08. The zero-order valence-electron chi connectivity index (χ0n) is 16.3. The minimum atomic E-state index is -0.628. The quantitative estimate of drug-likeness (QED) is 0.488. The lowest BCUT2D eigenvalue weighted by Crippen LogP contribution is -2.30. The summed E-state index contributed by atoms with van der Waals surface area (Å²) in [5.41, 5.74) is 3.49. The van der Waals surface area contributed by atoms with Crippen molar-refractivity contribution in [3.63, 3.8) is 0 Å². The summed E-state index contributed by atoms with van der Waals surface area (Å²) in [6.45, 7) is 3.85. The first-order valence-corrected chi connectivity index (χ1v) is 9.57. The number of H-pyrrole nitrogens is 1. The van der Waals surface area contributed by atoms with Crippen LogP contribution in [0.1, 0.15) is 29.8 Å². The van der Waals surface area contributed by atoms with Gasteiger partial charge in [0.15, 0.2) is 0 Å². The largest absolute Gasteiger partial charge is 0.392 e. The molecule has 0 fully saturated rings. The molecule has 4 rings (SSSR count). The van der Waals surface area contributed by atoms with Gasteiger partial charge in [-0.15, -0.1) is 0 Å². The first kappa shape index (κ1) is 18.9. The predicted molar refractivity (Wildman–Crippen MR) is 113 cm³/mol. The molecule has 0 spiro atoms. The summed E-state index contributed by atoms with van der Waals surface area (Å²) in [5, 5.41) is 16.4. The Morgan fingerprint density at radius 2 is 1.97 bits per heavy atom. The third-order valence-corrected chi connectivity index (χ3v) is 4.95. The summed E-state index contributed by atoms with van der Waals surface area (Å²) in [5.74, 6) is -0.290. The summed E-state index contributed by atoms with van der Waals surface area (Å²) in [7, 11) is 0. The Bertz CT molecular complexity index is 1250. The van der Waals surface area contributed by atoms with Crippen LogP contribution in [0.2, 0.25) is 0 Å². The molecule has 2 heterocycles. The molecule has 1 amide bonds. The number of rotatable bonds is 5. The molecule has 0 aliphatic carbocycles. The zero-order chi connectivity index (χ0) is 20.5. The normalized spacial score (nSPS) is 12.4. The van der Waals surface area contributed by atoms with Crippen molar-refractivity contribution < 1.29 is 9.90 Å². The number of carbonyl (C=O) groups excluding carboxylic acids is 1. The minimum absolute atomic E-state index is 0.167. The van der Waals surface area contributed by atoms with Gasteiger partial charge >= 0.3 is 0 Å². The van der Waals surface area contributed by atoms with E-state index in [0.29, 0.717) is 27.4 Å². The highest BCUT2D eigenvalue weighted by Gasteiger charge is 2.14. The van der Waals surface area contributed by atoms with E-state index in [4.69, 9.17) is 0 Å². The number of nitrogens with zero attached hydrogens (tertiary/aromatic N) is 2. The molecule has 0 unspecified atom stereocenters. The third-order valence-electron chi connectivity index (χ3n) is 4.95. The highest BCUT2D eigenvalue weighted by atomic mass is 16.3. The molecule has 0 aliphatic rings. The van der Waals surface area contributed by atoms with Gasteiger partial charge in [0, 0.05) is 23.7 Å². The number of hydrogen-bond donors (Lipinski definition) is 3. The molecule has 148 valence electrons. The molecule has 0 aliphatic heterocycles. The van der Waals surface area contributed by atoms with E-state index in [-0.39, 0.29) is 18.0 Å². The topological polar surface area (TPSA) is 100 Å². The summed E-state index contributed by atoms with van der Waals surface area (Å²) >= 11 is 0. The van der Waals surface area contributed by atoms with Gasteiger partial charge in [-0.2, -0.15) is 0 Å². The average molecular weight is 390 g/mol. The lowest BCUT2D eigenvalue weighted by Gasteiger charge is -2.08. The van der Waals surface area contributed by atoms with E-state index in [1.165, 1.54) is 10.2 Å². The van der Waals surface area contributed by atoms with Crippen molar-refractivity contribution in [2.45, 2.75) is 26.4 Å². The fraction of sp³-hybridized carbons (Fsp3) is 0.227. The molecule has 3 N–H and O–H groups in total. The molecular weight excluding hydrogens is 368 g/mol. The molecule has 0 saturated heterocycles. The van der Waals surface area contributed by atoms with Gasteiger partial charge in [0.1, 0.15) is 0 Å². The smallest absolute Gasteiger partial charge is 0.280 e. The highest BCUT2D eigenvalue weighted by Crippen LogP contribution is 2.22. The highest BCUT2D eigenvalue weighted by molar-refractivity contribution is 6.06. The number of carbonyl (C=O) groups is 1. The van der Waals surface area contributed by atoms with E-state index in [0.717, 1.165) is 12.1 Å². The number of amides is 1. The van der Waals surface area contributed by atoms with Gasteiger partial charge in [-0.25, -0.2) is 4.68 Å². The Kier molecular flexibility index (Phi) is 4.90. The van der Waals surface area contributed by atoms with Crippen molar-refractivity contribution >= 4 is 27.7 Å². The number of aliphatic hydroxyl groups excluding tert-OH is 1. The maximum atomic E-state index is 12.9. The Hall–Kier alpha value is -3.45. The van der Waals surface area contributed by atoms with Crippen molar-refractivity contribution in [3.8, 4) is 5.69 Å². The van der Waals surface area contributed by atoms with Gasteiger partial charge in [0.05, 0.1) is 28.2 Å². The molecule has 7 heteroatoms. The van der Waals surface area contributed by atoms with E-state index in [9.17, 15) is 14.7 Å². The fourth-order valence-corrected chi connectivity index (χ4v) is 3.30. The SMILES string of the molecule is CCc1ccc(-n2[nH]c3c(cnc4ccc(C(=O)NC[C@@H](C)O)cc43)c2=O)cc1. The van der Waals surface area contributed by atoms with Crippen LogP contribution in [-0.4, -0.2) is 38.4 Å². The van der Waals surface area contributed by atoms with Crippen LogP contribution in [0.3, 0.4) is 0 Å². The standard InChI is InChI=1S/C22H22N4O3/c1-3-14-4-7-16(8-5-14)26-22(29)18-12-23-19-9-6-15(10-17(19)20(18)25-26)21(28)24-11-13(2)27/h4-10,12-13,25,27H,3,11H2,1-2H3,(H,24,28)/t13-/m1/s1. The maximum absolute atomic E-state index is 12.9. The minimum Gasteiger partial charge on any atom is -0.392 e. The van der Waals surface area contributed by atoms with Gasteiger partial charge in [0.25, 0.3) is 11.5 Å². The fourth-order valence-electron chi connectivity index (χ4n) is 3.30. The second-order valence-corrected chi connectivity index (χ2v) is 7.11.